The van der Waals surface area contributed by atoms with Crippen LogP contribution in [0.15, 0.2) is 29.4 Å². The molecule has 154 valence electrons. The third-order valence-corrected chi connectivity index (χ3v) is 5.10. The van der Waals surface area contributed by atoms with Crippen molar-refractivity contribution < 1.29 is 9.53 Å². The minimum absolute atomic E-state index is 0.0538. The van der Waals surface area contributed by atoms with Gasteiger partial charge < -0.3 is 10.1 Å². The van der Waals surface area contributed by atoms with Gasteiger partial charge in [0.25, 0.3) is 0 Å². The zero-order chi connectivity index (χ0) is 20.2. The summed E-state index contributed by atoms with van der Waals surface area (Å²) in [7, 11) is 0. The Balaban J connectivity index is 1.75. The first-order valence-corrected chi connectivity index (χ1v) is 10.9. The minimum atomic E-state index is -0.0538. The first-order valence-electron chi connectivity index (χ1n) is 9.95. The fourth-order valence-corrected chi connectivity index (χ4v) is 3.20. The molecule has 0 spiro atoms. The van der Waals surface area contributed by atoms with Crippen LogP contribution >= 0.6 is 11.8 Å². The highest BCUT2D eigenvalue weighted by atomic mass is 32.2. The average molecular weight is 406 g/mol. The van der Waals surface area contributed by atoms with Crippen molar-refractivity contribution in [1.82, 2.24) is 25.5 Å². The van der Waals surface area contributed by atoms with Gasteiger partial charge in [-0.3, -0.25) is 4.79 Å². The van der Waals surface area contributed by atoms with Gasteiger partial charge in [0, 0.05) is 13.2 Å². The van der Waals surface area contributed by atoms with Crippen molar-refractivity contribution in [1.29, 1.82) is 0 Å². The number of carbonyl (C=O) groups is 1. The van der Waals surface area contributed by atoms with Crippen LogP contribution in [0.2, 0.25) is 0 Å². The van der Waals surface area contributed by atoms with Gasteiger partial charge in [0.05, 0.1) is 18.0 Å². The second kappa shape index (κ2) is 12.5. The number of rotatable bonds is 13. The molecule has 0 atom stereocenters. The standard InChI is InChI=1S/C20H31N5O2S/c1-4-5-6-17-7-9-18(10-8-17)25-20(22-23-24-25)28-15-19(26)21-12-14-27-13-11-16(2)3/h7-10,16H,4-6,11-15H2,1-3H3,(H,21,26). The maximum Gasteiger partial charge on any atom is 0.230 e. The Bertz CT molecular complexity index is 703. The maximum atomic E-state index is 12.0. The number of aryl methyl sites for hydroxylation is 1. The molecule has 0 saturated heterocycles. The Morgan fingerprint density at radius 2 is 2.04 bits per heavy atom. The fraction of sp³-hybridized carbons (Fsp3) is 0.600. The topological polar surface area (TPSA) is 81.9 Å². The van der Waals surface area contributed by atoms with Crippen molar-refractivity contribution in [2.45, 2.75) is 51.6 Å². The largest absolute Gasteiger partial charge is 0.380 e. The van der Waals surface area contributed by atoms with Crippen molar-refractivity contribution in [2.24, 2.45) is 5.92 Å². The molecule has 1 amide bonds. The number of nitrogens with zero attached hydrogens (tertiary/aromatic N) is 4. The Kier molecular flexibility index (Phi) is 9.99. The van der Waals surface area contributed by atoms with E-state index in [-0.39, 0.29) is 11.7 Å². The van der Waals surface area contributed by atoms with Crippen LogP contribution in [-0.2, 0) is 16.0 Å². The van der Waals surface area contributed by atoms with Crippen molar-refractivity contribution in [2.75, 3.05) is 25.5 Å². The van der Waals surface area contributed by atoms with E-state index < -0.39 is 0 Å². The lowest BCUT2D eigenvalue weighted by Gasteiger charge is -2.08. The van der Waals surface area contributed by atoms with Gasteiger partial charge in [0.15, 0.2) is 0 Å². The highest BCUT2D eigenvalue weighted by molar-refractivity contribution is 7.99. The summed E-state index contributed by atoms with van der Waals surface area (Å²) >= 11 is 1.32. The molecule has 1 aromatic carbocycles. The van der Waals surface area contributed by atoms with Crippen molar-refractivity contribution in [3.8, 4) is 5.69 Å². The summed E-state index contributed by atoms with van der Waals surface area (Å²) in [6.45, 7) is 8.30. The number of tetrazole rings is 1. The third-order valence-electron chi connectivity index (χ3n) is 4.18. The lowest BCUT2D eigenvalue weighted by Crippen LogP contribution is -2.29. The van der Waals surface area contributed by atoms with Crippen LogP contribution in [0.1, 0.15) is 45.6 Å². The summed E-state index contributed by atoms with van der Waals surface area (Å²) in [4.78, 5) is 12.0. The summed E-state index contributed by atoms with van der Waals surface area (Å²) in [6, 6.07) is 8.24. The van der Waals surface area contributed by atoms with Gasteiger partial charge in [0.1, 0.15) is 0 Å². The average Bonchev–Trinajstić information content (AvgIpc) is 3.16. The number of thioether (sulfide) groups is 1. The van der Waals surface area contributed by atoms with Crippen molar-refractivity contribution in [3.63, 3.8) is 0 Å². The van der Waals surface area contributed by atoms with Crippen LogP contribution in [0.3, 0.4) is 0 Å². The molecule has 0 unspecified atom stereocenters. The zero-order valence-corrected chi connectivity index (χ0v) is 17.9. The number of aromatic nitrogens is 4. The van der Waals surface area contributed by atoms with E-state index in [1.165, 1.54) is 30.2 Å². The van der Waals surface area contributed by atoms with E-state index in [0.717, 1.165) is 25.1 Å². The van der Waals surface area contributed by atoms with Crippen LogP contribution < -0.4 is 5.32 Å². The number of carbonyl (C=O) groups excluding carboxylic acids is 1. The predicted molar refractivity (Wildman–Crippen MR) is 112 cm³/mol. The second-order valence-corrected chi connectivity index (χ2v) is 8.02. The van der Waals surface area contributed by atoms with Crippen LogP contribution in [0.25, 0.3) is 5.69 Å². The van der Waals surface area contributed by atoms with E-state index in [1.807, 2.05) is 12.1 Å². The maximum absolute atomic E-state index is 12.0. The molecule has 0 aliphatic rings. The third kappa shape index (κ3) is 7.98. The van der Waals surface area contributed by atoms with E-state index in [2.05, 4.69) is 53.7 Å². The van der Waals surface area contributed by atoms with E-state index >= 15 is 0 Å². The molecule has 1 heterocycles. The smallest absolute Gasteiger partial charge is 0.230 e. The Morgan fingerprint density at radius 1 is 1.25 bits per heavy atom. The summed E-state index contributed by atoms with van der Waals surface area (Å²) in [6.07, 6.45) is 4.48. The van der Waals surface area contributed by atoms with E-state index in [1.54, 1.807) is 4.68 Å². The molecule has 0 radical (unpaired) electrons. The second-order valence-electron chi connectivity index (χ2n) is 7.08. The molecular weight excluding hydrogens is 374 g/mol. The summed E-state index contributed by atoms with van der Waals surface area (Å²) < 4.78 is 7.16. The fourth-order valence-electron chi connectivity index (χ4n) is 2.48. The molecule has 1 aromatic heterocycles. The summed E-state index contributed by atoms with van der Waals surface area (Å²) in [5.74, 6) is 0.840. The van der Waals surface area contributed by atoms with Gasteiger partial charge in [-0.1, -0.05) is 51.1 Å². The Labute approximate surface area is 171 Å². The normalized spacial score (nSPS) is 11.1. The molecular formula is C20H31N5O2S. The zero-order valence-electron chi connectivity index (χ0n) is 17.1. The first-order chi connectivity index (χ1) is 13.6. The summed E-state index contributed by atoms with van der Waals surface area (Å²) in [5.41, 5.74) is 2.20. The van der Waals surface area contributed by atoms with Crippen LogP contribution in [0.5, 0.6) is 0 Å². The highest BCUT2D eigenvalue weighted by Crippen LogP contribution is 2.18. The number of hydrogen-bond acceptors (Lipinski definition) is 6. The van der Waals surface area contributed by atoms with E-state index in [4.69, 9.17) is 4.74 Å². The number of amides is 1. The van der Waals surface area contributed by atoms with Gasteiger partial charge in [-0.05, 0) is 53.3 Å². The number of hydrogen-bond donors (Lipinski definition) is 1. The number of nitrogens with one attached hydrogen (secondary N) is 1. The van der Waals surface area contributed by atoms with Crippen molar-refractivity contribution in [3.05, 3.63) is 29.8 Å². The van der Waals surface area contributed by atoms with Gasteiger partial charge >= 0.3 is 0 Å². The molecule has 8 heteroatoms. The first kappa shape index (κ1) is 22.4. The monoisotopic (exact) mass is 405 g/mol. The number of ether oxygens (including phenoxy) is 1. The SMILES string of the molecule is CCCCc1ccc(-n2nnnc2SCC(=O)NCCOCCC(C)C)cc1. The lowest BCUT2D eigenvalue weighted by atomic mass is 10.1. The molecule has 2 aromatic rings. The van der Waals surface area contributed by atoms with Gasteiger partial charge in [-0.25, -0.2) is 0 Å². The molecule has 0 fully saturated rings. The quantitative estimate of drug-likeness (QED) is 0.407. The molecule has 1 N–H and O–H groups in total. The van der Waals surface area contributed by atoms with Crippen LogP contribution in [-0.4, -0.2) is 51.6 Å². The van der Waals surface area contributed by atoms with Gasteiger partial charge in [-0.2, -0.15) is 4.68 Å². The molecule has 0 aliphatic carbocycles. The lowest BCUT2D eigenvalue weighted by molar-refractivity contribution is -0.118. The Morgan fingerprint density at radius 3 is 2.75 bits per heavy atom. The van der Waals surface area contributed by atoms with E-state index in [0.29, 0.717) is 24.2 Å². The number of unbranched alkanes of at least 4 members (excludes halogenated alkanes) is 1. The molecule has 0 saturated carbocycles. The van der Waals surface area contributed by atoms with E-state index in [9.17, 15) is 4.79 Å². The predicted octanol–water partition coefficient (Wildman–Crippen LogP) is 3.28. The van der Waals surface area contributed by atoms with Crippen molar-refractivity contribution >= 4 is 17.7 Å². The number of benzene rings is 1. The molecule has 7 nitrogen and oxygen atoms in total. The molecule has 0 aliphatic heterocycles. The minimum Gasteiger partial charge on any atom is -0.380 e. The molecule has 0 bridgehead atoms. The summed E-state index contributed by atoms with van der Waals surface area (Å²) in [5, 5.41) is 15.3. The van der Waals surface area contributed by atoms with Gasteiger partial charge in [-0.15, -0.1) is 5.10 Å². The molecule has 2 rings (SSSR count). The Hall–Kier alpha value is -1.93. The highest BCUT2D eigenvalue weighted by Gasteiger charge is 2.11. The molecule has 28 heavy (non-hydrogen) atoms. The van der Waals surface area contributed by atoms with Crippen LogP contribution in [0, 0.1) is 5.92 Å². The van der Waals surface area contributed by atoms with Gasteiger partial charge in [0.2, 0.25) is 11.1 Å². The van der Waals surface area contributed by atoms with Crippen LogP contribution in [0.4, 0.5) is 0 Å².